The van der Waals surface area contributed by atoms with Crippen LogP contribution in [0.1, 0.15) is 18.4 Å². The molecular weight excluding hydrogens is 275 g/mol. The first-order chi connectivity index (χ1) is 10.1. The Balaban J connectivity index is 1.92. The highest BCUT2D eigenvalue weighted by atomic mass is 19.1. The Morgan fingerprint density at radius 1 is 1.57 bits per heavy atom. The summed E-state index contributed by atoms with van der Waals surface area (Å²) in [6.07, 6.45) is 2.44. The average Bonchev–Trinajstić information content (AvgIpc) is 2.93. The molecule has 1 aliphatic heterocycles. The van der Waals surface area contributed by atoms with Gasteiger partial charge in [0.1, 0.15) is 12.4 Å². The van der Waals surface area contributed by atoms with Gasteiger partial charge in [-0.15, -0.1) is 0 Å². The van der Waals surface area contributed by atoms with Crippen LogP contribution in [-0.4, -0.2) is 43.9 Å². The van der Waals surface area contributed by atoms with Gasteiger partial charge in [0.25, 0.3) is 0 Å². The van der Waals surface area contributed by atoms with Gasteiger partial charge in [-0.1, -0.05) is 6.07 Å². The first-order valence-electron chi connectivity index (χ1n) is 7.10. The zero-order valence-electron chi connectivity index (χ0n) is 12.1. The zero-order valence-corrected chi connectivity index (χ0v) is 12.1. The Labute approximate surface area is 123 Å². The third kappa shape index (κ3) is 4.68. The molecular formula is C15H21FN2O3. The van der Waals surface area contributed by atoms with Crippen LogP contribution >= 0.6 is 0 Å². The molecule has 116 valence electrons. The van der Waals surface area contributed by atoms with Crippen molar-refractivity contribution in [2.45, 2.75) is 25.5 Å². The monoisotopic (exact) mass is 296 g/mol. The maximum atomic E-state index is 13.8. The molecule has 0 spiro atoms. The largest absolute Gasteiger partial charge is 0.480 e. The lowest BCUT2D eigenvalue weighted by Gasteiger charge is -2.19. The van der Waals surface area contributed by atoms with Crippen LogP contribution in [-0.2, 0) is 16.1 Å². The molecule has 0 bridgehead atoms. The van der Waals surface area contributed by atoms with Gasteiger partial charge >= 0.3 is 5.97 Å². The second kappa shape index (κ2) is 7.38. The van der Waals surface area contributed by atoms with Gasteiger partial charge in [-0.3, -0.25) is 4.79 Å². The van der Waals surface area contributed by atoms with Gasteiger partial charge in [-0.25, -0.2) is 4.39 Å². The van der Waals surface area contributed by atoms with E-state index in [1.54, 1.807) is 19.2 Å². The quantitative estimate of drug-likeness (QED) is 0.800. The Kier molecular flexibility index (Phi) is 5.52. The Morgan fingerprint density at radius 2 is 2.38 bits per heavy atom. The van der Waals surface area contributed by atoms with Crippen molar-refractivity contribution in [2.24, 2.45) is 0 Å². The number of rotatable bonds is 7. The van der Waals surface area contributed by atoms with E-state index in [0.717, 1.165) is 31.6 Å². The molecule has 6 heteroatoms. The van der Waals surface area contributed by atoms with E-state index in [2.05, 4.69) is 5.32 Å². The summed E-state index contributed by atoms with van der Waals surface area (Å²) in [7, 11) is 1.57. The molecule has 21 heavy (non-hydrogen) atoms. The van der Waals surface area contributed by atoms with Crippen LogP contribution in [0.2, 0.25) is 0 Å². The molecule has 1 saturated heterocycles. The van der Waals surface area contributed by atoms with E-state index in [1.807, 2.05) is 0 Å². The highest BCUT2D eigenvalue weighted by molar-refractivity contribution is 5.73. The molecule has 0 amide bonds. The van der Waals surface area contributed by atoms with Gasteiger partial charge in [0, 0.05) is 26.7 Å². The molecule has 1 heterocycles. The molecule has 1 atom stereocenters. The third-order valence-electron chi connectivity index (χ3n) is 3.52. The smallest absolute Gasteiger partial charge is 0.323 e. The van der Waals surface area contributed by atoms with E-state index in [1.165, 1.54) is 11.0 Å². The van der Waals surface area contributed by atoms with E-state index in [0.29, 0.717) is 12.2 Å². The van der Waals surface area contributed by atoms with Crippen LogP contribution < -0.4 is 10.2 Å². The van der Waals surface area contributed by atoms with Crippen molar-refractivity contribution in [3.8, 4) is 0 Å². The summed E-state index contributed by atoms with van der Waals surface area (Å²) in [5.41, 5.74) is 1.22. The Hall–Kier alpha value is -1.66. The number of carboxylic acids is 1. The molecule has 0 saturated carbocycles. The fraction of sp³-hybridized carbons (Fsp3) is 0.533. The number of carbonyl (C=O) groups is 1. The van der Waals surface area contributed by atoms with E-state index in [4.69, 9.17) is 9.84 Å². The van der Waals surface area contributed by atoms with Gasteiger partial charge in [-0.2, -0.15) is 0 Å². The van der Waals surface area contributed by atoms with Crippen molar-refractivity contribution in [2.75, 3.05) is 31.6 Å². The maximum absolute atomic E-state index is 13.8. The van der Waals surface area contributed by atoms with Gasteiger partial charge in [0.05, 0.1) is 11.8 Å². The second-order valence-corrected chi connectivity index (χ2v) is 5.30. The van der Waals surface area contributed by atoms with Crippen LogP contribution in [0.4, 0.5) is 10.1 Å². The minimum atomic E-state index is -0.987. The number of nitrogens with one attached hydrogen (secondary N) is 1. The number of likely N-dealkylation sites (N-methyl/N-ethyl adjacent to an activating group) is 1. The van der Waals surface area contributed by atoms with E-state index in [9.17, 15) is 9.18 Å². The average molecular weight is 296 g/mol. The van der Waals surface area contributed by atoms with E-state index >= 15 is 0 Å². The summed E-state index contributed by atoms with van der Waals surface area (Å²) in [5, 5.41) is 12.1. The maximum Gasteiger partial charge on any atom is 0.323 e. The molecule has 0 radical (unpaired) electrons. The number of nitrogens with zero attached hydrogens (tertiary/aromatic N) is 1. The molecule has 2 rings (SSSR count). The van der Waals surface area contributed by atoms with Crippen LogP contribution in [0.5, 0.6) is 0 Å². The molecule has 1 unspecified atom stereocenters. The molecule has 1 fully saturated rings. The zero-order chi connectivity index (χ0) is 15.2. The lowest BCUT2D eigenvalue weighted by molar-refractivity contribution is -0.135. The van der Waals surface area contributed by atoms with Crippen molar-refractivity contribution in [3.63, 3.8) is 0 Å². The SMILES string of the molecule is CN(CC(=O)O)c1cc(CNCC2CCCO2)ccc1F. The molecule has 1 aromatic rings. The van der Waals surface area contributed by atoms with Crippen molar-refractivity contribution < 1.29 is 19.0 Å². The first-order valence-corrected chi connectivity index (χ1v) is 7.10. The van der Waals surface area contributed by atoms with Crippen LogP contribution in [0.25, 0.3) is 0 Å². The summed E-state index contributed by atoms with van der Waals surface area (Å²) >= 11 is 0. The summed E-state index contributed by atoms with van der Waals surface area (Å²) in [6.45, 7) is 1.97. The molecule has 0 aliphatic carbocycles. The van der Waals surface area contributed by atoms with Gasteiger partial charge in [0.2, 0.25) is 0 Å². The number of ether oxygens (including phenoxy) is 1. The van der Waals surface area contributed by atoms with E-state index < -0.39 is 11.8 Å². The van der Waals surface area contributed by atoms with Crippen LogP contribution in [0.15, 0.2) is 18.2 Å². The number of hydrogen-bond acceptors (Lipinski definition) is 4. The predicted octanol–water partition coefficient (Wildman–Crippen LogP) is 1.62. The first kappa shape index (κ1) is 15.7. The highest BCUT2D eigenvalue weighted by Gasteiger charge is 2.15. The van der Waals surface area contributed by atoms with Gasteiger partial charge in [0.15, 0.2) is 0 Å². The summed E-state index contributed by atoms with van der Waals surface area (Å²) in [4.78, 5) is 12.1. The molecule has 2 N–H and O–H groups in total. The lowest BCUT2D eigenvalue weighted by Crippen LogP contribution is -2.27. The fourth-order valence-corrected chi connectivity index (χ4v) is 2.43. The number of halogens is 1. The second-order valence-electron chi connectivity index (χ2n) is 5.30. The van der Waals surface area contributed by atoms with Crippen molar-refractivity contribution in [3.05, 3.63) is 29.6 Å². The third-order valence-corrected chi connectivity index (χ3v) is 3.52. The Morgan fingerprint density at radius 3 is 3.05 bits per heavy atom. The van der Waals surface area contributed by atoms with Crippen molar-refractivity contribution in [1.82, 2.24) is 5.32 Å². The molecule has 5 nitrogen and oxygen atoms in total. The lowest BCUT2D eigenvalue weighted by atomic mass is 10.1. The fourth-order valence-electron chi connectivity index (χ4n) is 2.43. The topological polar surface area (TPSA) is 61.8 Å². The summed E-state index contributed by atoms with van der Waals surface area (Å²) in [6, 6.07) is 4.76. The number of hydrogen-bond donors (Lipinski definition) is 2. The van der Waals surface area contributed by atoms with Gasteiger partial charge in [-0.05, 0) is 30.5 Å². The highest BCUT2D eigenvalue weighted by Crippen LogP contribution is 2.20. The predicted molar refractivity (Wildman–Crippen MR) is 78.0 cm³/mol. The van der Waals surface area contributed by atoms with Crippen molar-refractivity contribution in [1.29, 1.82) is 0 Å². The minimum absolute atomic E-state index is 0.232. The van der Waals surface area contributed by atoms with Crippen molar-refractivity contribution >= 4 is 11.7 Å². The van der Waals surface area contributed by atoms with Crippen LogP contribution in [0, 0.1) is 5.82 Å². The van der Waals surface area contributed by atoms with Crippen LogP contribution in [0.3, 0.4) is 0 Å². The van der Waals surface area contributed by atoms with E-state index in [-0.39, 0.29) is 12.6 Å². The summed E-state index contributed by atoms with van der Waals surface area (Å²) in [5.74, 6) is -1.40. The molecule has 1 aromatic carbocycles. The molecule has 1 aliphatic rings. The van der Waals surface area contributed by atoms with Gasteiger partial charge < -0.3 is 20.1 Å². The number of benzene rings is 1. The molecule has 0 aromatic heterocycles. The number of anilines is 1. The standard InChI is InChI=1S/C15H21FN2O3/c1-18(10-15(19)20)14-7-11(4-5-13(14)16)8-17-9-12-3-2-6-21-12/h4-5,7,12,17H,2-3,6,8-10H2,1H3,(H,19,20). The number of carboxylic acid groups (broad SMARTS) is 1. The number of aliphatic carboxylic acids is 1. The summed E-state index contributed by atoms with van der Waals surface area (Å²) < 4.78 is 19.3. The minimum Gasteiger partial charge on any atom is -0.480 e. The normalized spacial score (nSPS) is 17.9. The Bertz CT molecular complexity index is 490.